The summed E-state index contributed by atoms with van der Waals surface area (Å²) in [5, 5.41) is 3.57. The minimum absolute atomic E-state index is 0.469. The number of fused-ring (bicyclic) bond motifs is 1. The second kappa shape index (κ2) is 4.96. The van der Waals surface area contributed by atoms with Crippen LogP contribution in [-0.4, -0.2) is 12.6 Å². The van der Waals surface area contributed by atoms with Gasteiger partial charge in [-0.2, -0.15) is 0 Å². The van der Waals surface area contributed by atoms with Gasteiger partial charge in [0.2, 0.25) is 0 Å². The molecular weight excluding hydrogens is 232 g/mol. The Morgan fingerprint density at radius 1 is 1.11 bits per heavy atom. The number of halogens is 2. The minimum Gasteiger partial charge on any atom is -0.313 e. The second-order valence-electron chi connectivity index (χ2n) is 5.69. The summed E-state index contributed by atoms with van der Waals surface area (Å²) in [5.41, 5.74) is 0.774. The van der Waals surface area contributed by atoms with Crippen LogP contribution in [0.4, 0.5) is 8.78 Å². The first-order chi connectivity index (χ1) is 8.72. The summed E-state index contributed by atoms with van der Waals surface area (Å²) in [6.07, 6.45) is 5.77. The molecule has 2 aliphatic rings. The molecule has 3 rings (SSSR count). The van der Waals surface area contributed by atoms with Gasteiger partial charge < -0.3 is 5.32 Å². The van der Waals surface area contributed by atoms with Crippen LogP contribution < -0.4 is 5.32 Å². The van der Waals surface area contributed by atoms with Crippen molar-refractivity contribution < 1.29 is 8.78 Å². The summed E-state index contributed by atoms with van der Waals surface area (Å²) >= 11 is 0. The maximum Gasteiger partial charge on any atom is 0.126 e. The molecule has 0 aromatic heterocycles. The molecule has 0 radical (unpaired) electrons. The summed E-state index contributed by atoms with van der Waals surface area (Å²) in [6, 6.07) is 4.38. The number of hydrogen-bond acceptors (Lipinski definition) is 1. The van der Waals surface area contributed by atoms with Gasteiger partial charge in [0.25, 0.3) is 0 Å². The number of rotatable bonds is 3. The van der Waals surface area contributed by atoms with Gasteiger partial charge in [0, 0.05) is 12.1 Å². The van der Waals surface area contributed by atoms with Gasteiger partial charge in [-0.3, -0.25) is 0 Å². The quantitative estimate of drug-likeness (QED) is 0.869. The van der Waals surface area contributed by atoms with E-state index < -0.39 is 11.6 Å². The van der Waals surface area contributed by atoms with E-state index in [0.29, 0.717) is 6.04 Å². The van der Waals surface area contributed by atoms with Crippen LogP contribution in [0, 0.1) is 23.5 Å². The monoisotopic (exact) mass is 251 g/mol. The molecule has 1 aliphatic carbocycles. The van der Waals surface area contributed by atoms with E-state index in [-0.39, 0.29) is 0 Å². The normalized spacial score (nSPS) is 30.7. The van der Waals surface area contributed by atoms with Crippen molar-refractivity contribution >= 4 is 0 Å². The van der Waals surface area contributed by atoms with E-state index in [9.17, 15) is 8.78 Å². The highest BCUT2D eigenvalue weighted by Crippen LogP contribution is 2.38. The van der Waals surface area contributed by atoms with E-state index in [1.54, 1.807) is 0 Å². The Kier molecular flexibility index (Phi) is 3.33. The van der Waals surface area contributed by atoms with Crippen molar-refractivity contribution in [3.63, 3.8) is 0 Å². The second-order valence-corrected chi connectivity index (χ2v) is 5.69. The van der Waals surface area contributed by atoms with E-state index in [2.05, 4.69) is 5.32 Å². The lowest BCUT2D eigenvalue weighted by Crippen LogP contribution is -2.27. The largest absolute Gasteiger partial charge is 0.313 e. The van der Waals surface area contributed by atoms with Crippen LogP contribution in [-0.2, 0) is 6.42 Å². The van der Waals surface area contributed by atoms with Gasteiger partial charge in [0.15, 0.2) is 0 Å². The number of benzene rings is 1. The van der Waals surface area contributed by atoms with E-state index in [1.165, 1.54) is 31.4 Å². The Morgan fingerprint density at radius 2 is 1.89 bits per heavy atom. The maximum absolute atomic E-state index is 13.1. The van der Waals surface area contributed by atoms with Gasteiger partial charge in [0.05, 0.1) is 0 Å². The van der Waals surface area contributed by atoms with Crippen LogP contribution in [0.3, 0.4) is 0 Å². The van der Waals surface area contributed by atoms with Crippen LogP contribution in [0.15, 0.2) is 18.2 Å². The topological polar surface area (TPSA) is 12.0 Å². The fourth-order valence-corrected chi connectivity index (χ4v) is 3.70. The molecule has 1 aliphatic heterocycles. The molecule has 3 heteroatoms. The van der Waals surface area contributed by atoms with Crippen LogP contribution in [0.25, 0.3) is 0 Å². The van der Waals surface area contributed by atoms with E-state index in [4.69, 9.17) is 0 Å². The molecular formula is C15H19F2N. The molecule has 98 valence electrons. The molecule has 1 heterocycles. The third-order valence-electron chi connectivity index (χ3n) is 4.54. The number of nitrogens with one attached hydrogen (secondary N) is 1. The lowest BCUT2D eigenvalue weighted by atomic mass is 9.90. The average molecular weight is 251 g/mol. The lowest BCUT2D eigenvalue weighted by molar-refractivity contribution is 0.393. The molecule has 0 bridgehead atoms. The standard InChI is InChI=1S/C15H19F2N/c16-12-6-10(7-13(17)8-12)4-5-15-14-3-1-2-11(14)9-18-15/h6-8,11,14-15,18H,1-5,9H2. The summed E-state index contributed by atoms with van der Waals surface area (Å²) in [6.45, 7) is 1.13. The Balaban J connectivity index is 1.61. The smallest absolute Gasteiger partial charge is 0.126 e. The van der Waals surface area contributed by atoms with Crippen molar-refractivity contribution in [1.82, 2.24) is 5.32 Å². The molecule has 1 N–H and O–H groups in total. The first kappa shape index (κ1) is 12.1. The Morgan fingerprint density at radius 3 is 2.67 bits per heavy atom. The summed E-state index contributed by atoms with van der Waals surface area (Å²) in [4.78, 5) is 0. The Labute approximate surface area is 107 Å². The Hall–Kier alpha value is -0.960. The van der Waals surface area contributed by atoms with Crippen molar-refractivity contribution in [2.24, 2.45) is 11.8 Å². The zero-order valence-electron chi connectivity index (χ0n) is 10.5. The van der Waals surface area contributed by atoms with Gasteiger partial charge in [-0.1, -0.05) is 6.42 Å². The molecule has 3 atom stereocenters. The SMILES string of the molecule is Fc1cc(F)cc(CCC2NCC3CCCC32)c1. The van der Waals surface area contributed by atoms with E-state index >= 15 is 0 Å². The van der Waals surface area contributed by atoms with Crippen molar-refractivity contribution in [3.8, 4) is 0 Å². The zero-order chi connectivity index (χ0) is 12.5. The fourth-order valence-electron chi connectivity index (χ4n) is 3.70. The third-order valence-corrected chi connectivity index (χ3v) is 4.54. The first-order valence-corrected chi connectivity index (χ1v) is 6.91. The average Bonchev–Trinajstić information content (AvgIpc) is 2.87. The van der Waals surface area contributed by atoms with Crippen molar-refractivity contribution in [3.05, 3.63) is 35.4 Å². The molecule has 3 unspecified atom stereocenters. The van der Waals surface area contributed by atoms with Gasteiger partial charge in [0.1, 0.15) is 11.6 Å². The number of hydrogen-bond donors (Lipinski definition) is 1. The van der Waals surface area contributed by atoms with Crippen LogP contribution in [0.2, 0.25) is 0 Å². The third kappa shape index (κ3) is 2.41. The highest BCUT2D eigenvalue weighted by Gasteiger charge is 2.38. The van der Waals surface area contributed by atoms with E-state index in [0.717, 1.165) is 42.9 Å². The summed E-state index contributed by atoms with van der Waals surface area (Å²) in [5.74, 6) is 0.703. The van der Waals surface area contributed by atoms with Crippen LogP contribution in [0.1, 0.15) is 31.2 Å². The maximum atomic E-state index is 13.1. The molecule has 1 aromatic carbocycles. The van der Waals surface area contributed by atoms with Gasteiger partial charge >= 0.3 is 0 Å². The number of aryl methyl sites for hydroxylation is 1. The molecule has 0 spiro atoms. The predicted octanol–water partition coefficient (Wildman–Crippen LogP) is 3.29. The highest BCUT2D eigenvalue weighted by molar-refractivity contribution is 5.18. The Bertz CT molecular complexity index is 412. The molecule has 1 aromatic rings. The molecule has 1 nitrogen and oxygen atoms in total. The highest BCUT2D eigenvalue weighted by atomic mass is 19.1. The lowest BCUT2D eigenvalue weighted by Gasteiger charge is -2.18. The van der Waals surface area contributed by atoms with Crippen molar-refractivity contribution in [2.75, 3.05) is 6.54 Å². The van der Waals surface area contributed by atoms with Gasteiger partial charge in [-0.25, -0.2) is 8.78 Å². The molecule has 2 fully saturated rings. The van der Waals surface area contributed by atoms with Crippen LogP contribution in [0.5, 0.6) is 0 Å². The van der Waals surface area contributed by atoms with Gasteiger partial charge in [-0.15, -0.1) is 0 Å². The molecule has 1 saturated heterocycles. The molecule has 1 saturated carbocycles. The van der Waals surface area contributed by atoms with Gasteiger partial charge in [-0.05, 0) is 61.8 Å². The molecule has 0 amide bonds. The minimum atomic E-state index is -0.469. The van der Waals surface area contributed by atoms with Crippen molar-refractivity contribution in [2.45, 2.75) is 38.1 Å². The van der Waals surface area contributed by atoms with Crippen LogP contribution >= 0.6 is 0 Å². The first-order valence-electron chi connectivity index (χ1n) is 6.91. The predicted molar refractivity (Wildman–Crippen MR) is 67.3 cm³/mol. The summed E-state index contributed by atoms with van der Waals surface area (Å²) in [7, 11) is 0. The van der Waals surface area contributed by atoms with E-state index in [1.807, 2.05) is 0 Å². The van der Waals surface area contributed by atoms with Crippen molar-refractivity contribution in [1.29, 1.82) is 0 Å². The summed E-state index contributed by atoms with van der Waals surface area (Å²) < 4.78 is 26.2. The fraction of sp³-hybridized carbons (Fsp3) is 0.600. The molecule has 18 heavy (non-hydrogen) atoms. The zero-order valence-corrected chi connectivity index (χ0v) is 10.5.